The van der Waals surface area contributed by atoms with Gasteiger partial charge in [0, 0.05) is 5.02 Å². The molecule has 1 aliphatic heterocycles. The fourth-order valence-corrected chi connectivity index (χ4v) is 3.96. The van der Waals surface area contributed by atoms with Gasteiger partial charge >= 0.3 is 0 Å². The molecule has 4 rings (SSSR count). The Bertz CT molecular complexity index is 642. The van der Waals surface area contributed by atoms with Crippen molar-refractivity contribution in [3.05, 3.63) is 41.2 Å². The predicted molar refractivity (Wildman–Crippen MR) is 71.6 cm³/mol. The van der Waals surface area contributed by atoms with E-state index >= 15 is 0 Å². The lowest BCUT2D eigenvalue weighted by atomic mass is 9.85. The third-order valence-electron chi connectivity index (χ3n) is 4.62. The SMILES string of the molecule is O=C1[C@H]2[C@H](C(=O)N1c1ccc(Cl)cc1F)[C@H]1C=C[C@H]2C1. The summed E-state index contributed by atoms with van der Waals surface area (Å²) in [5.74, 6) is -1.57. The maximum Gasteiger partial charge on any atom is 0.238 e. The van der Waals surface area contributed by atoms with Crippen molar-refractivity contribution in [1.29, 1.82) is 0 Å². The highest BCUT2D eigenvalue weighted by atomic mass is 35.5. The van der Waals surface area contributed by atoms with Crippen molar-refractivity contribution >= 4 is 29.1 Å². The van der Waals surface area contributed by atoms with E-state index < -0.39 is 5.82 Å². The number of amides is 2. The van der Waals surface area contributed by atoms with E-state index in [4.69, 9.17) is 11.6 Å². The van der Waals surface area contributed by atoms with E-state index in [1.165, 1.54) is 12.1 Å². The van der Waals surface area contributed by atoms with Crippen LogP contribution in [0, 0.1) is 29.5 Å². The van der Waals surface area contributed by atoms with E-state index in [1.54, 1.807) is 0 Å². The van der Waals surface area contributed by atoms with Crippen molar-refractivity contribution in [2.75, 3.05) is 4.90 Å². The number of rotatable bonds is 1. The first-order chi connectivity index (χ1) is 9.58. The fourth-order valence-electron chi connectivity index (χ4n) is 3.80. The lowest BCUT2D eigenvalue weighted by molar-refractivity contribution is -0.123. The summed E-state index contributed by atoms with van der Waals surface area (Å²) in [6.07, 6.45) is 4.89. The second kappa shape index (κ2) is 3.92. The molecule has 1 heterocycles. The number of benzene rings is 1. The molecule has 5 heteroatoms. The highest BCUT2D eigenvalue weighted by molar-refractivity contribution is 6.31. The van der Waals surface area contributed by atoms with Gasteiger partial charge in [-0.25, -0.2) is 9.29 Å². The number of anilines is 1. The molecule has 20 heavy (non-hydrogen) atoms. The molecule has 0 radical (unpaired) electrons. The van der Waals surface area contributed by atoms with Gasteiger partial charge in [0.25, 0.3) is 0 Å². The molecule has 1 aromatic rings. The van der Waals surface area contributed by atoms with Crippen LogP contribution in [0.25, 0.3) is 0 Å². The van der Waals surface area contributed by atoms with E-state index in [1.807, 2.05) is 12.2 Å². The van der Waals surface area contributed by atoms with Crippen molar-refractivity contribution in [3.63, 3.8) is 0 Å². The van der Waals surface area contributed by atoms with Gasteiger partial charge in [-0.15, -0.1) is 0 Å². The molecule has 4 atom stereocenters. The highest BCUT2D eigenvalue weighted by Gasteiger charge is 2.59. The van der Waals surface area contributed by atoms with E-state index in [-0.39, 0.29) is 46.2 Å². The van der Waals surface area contributed by atoms with Crippen molar-refractivity contribution in [2.45, 2.75) is 6.42 Å². The zero-order chi connectivity index (χ0) is 14.0. The van der Waals surface area contributed by atoms with E-state index in [0.29, 0.717) is 0 Å². The first kappa shape index (κ1) is 12.1. The number of hydrogen-bond acceptors (Lipinski definition) is 2. The molecule has 102 valence electrons. The molecule has 1 saturated heterocycles. The average Bonchev–Trinajstić information content (AvgIpc) is 3.06. The molecule has 0 N–H and O–H groups in total. The monoisotopic (exact) mass is 291 g/mol. The summed E-state index contributed by atoms with van der Waals surface area (Å²) in [6.45, 7) is 0. The van der Waals surface area contributed by atoms with Gasteiger partial charge in [0.1, 0.15) is 5.82 Å². The number of carbonyl (C=O) groups is 2. The minimum absolute atomic E-state index is 0.0122. The standard InChI is InChI=1S/C15H11ClFNO2/c16-9-3-4-11(10(17)6-9)18-14(19)12-7-1-2-8(5-7)13(12)15(18)20/h1-4,6-8,12-13H,5H2/t7-,8-,12+,13+/m0/s1. The Kier molecular flexibility index (Phi) is 2.37. The molecule has 2 amide bonds. The Morgan fingerprint density at radius 1 is 1.10 bits per heavy atom. The van der Waals surface area contributed by atoms with Crippen LogP contribution in [-0.2, 0) is 9.59 Å². The van der Waals surface area contributed by atoms with E-state index in [9.17, 15) is 14.0 Å². The molecule has 0 spiro atoms. The minimum atomic E-state index is -0.639. The second-order valence-electron chi connectivity index (χ2n) is 5.61. The third-order valence-corrected chi connectivity index (χ3v) is 4.86. The Morgan fingerprint density at radius 3 is 2.25 bits per heavy atom. The van der Waals surface area contributed by atoms with Crippen LogP contribution in [0.3, 0.4) is 0 Å². The summed E-state index contributed by atoms with van der Waals surface area (Å²) in [5, 5.41) is 0.243. The maximum atomic E-state index is 14.0. The first-order valence-corrected chi connectivity index (χ1v) is 6.97. The fraction of sp³-hybridized carbons (Fsp3) is 0.333. The molecular weight excluding hydrogens is 281 g/mol. The molecule has 0 unspecified atom stereocenters. The molecule has 1 aromatic carbocycles. The molecule has 2 aliphatic carbocycles. The van der Waals surface area contributed by atoms with Crippen LogP contribution < -0.4 is 4.90 Å². The zero-order valence-corrected chi connectivity index (χ0v) is 11.2. The number of nitrogens with zero attached hydrogens (tertiary/aromatic N) is 1. The van der Waals surface area contributed by atoms with Gasteiger partial charge < -0.3 is 0 Å². The van der Waals surface area contributed by atoms with Gasteiger partial charge in [0.2, 0.25) is 11.8 Å². The molecule has 3 aliphatic rings. The predicted octanol–water partition coefficient (Wildman–Crippen LogP) is 2.79. The van der Waals surface area contributed by atoms with Crippen LogP contribution in [0.15, 0.2) is 30.4 Å². The van der Waals surface area contributed by atoms with Crippen LogP contribution in [0.5, 0.6) is 0 Å². The van der Waals surface area contributed by atoms with Crippen LogP contribution in [0.4, 0.5) is 10.1 Å². The largest absolute Gasteiger partial charge is 0.274 e. The van der Waals surface area contributed by atoms with Gasteiger partial charge in [-0.2, -0.15) is 0 Å². The summed E-state index contributed by atoms with van der Waals surface area (Å²) in [7, 11) is 0. The lowest BCUT2D eigenvalue weighted by Gasteiger charge is -2.17. The second-order valence-corrected chi connectivity index (χ2v) is 6.04. The highest BCUT2D eigenvalue weighted by Crippen LogP contribution is 2.53. The summed E-state index contributed by atoms with van der Waals surface area (Å²) in [4.78, 5) is 26.0. The van der Waals surface area contributed by atoms with Gasteiger partial charge in [-0.1, -0.05) is 23.8 Å². The number of allylic oxidation sites excluding steroid dienone is 2. The van der Waals surface area contributed by atoms with Crippen molar-refractivity contribution in [1.82, 2.24) is 0 Å². The summed E-state index contributed by atoms with van der Waals surface area (Å²) >= 11 is 5.71. The van der Waals surface area contributed by atoms with Gasteiger partial charge in [-0.3, -0.25) is 9.59 Å². The number of halogens is 2. The minimum Gasteiger partial charge on any atom is -0.274 e. The molecule has 3 nitrogen and oxygen atoms in total. The third kappa shape index (κ3) is 1.40. The van der Waals surface area contributed by atoms with Crippen molar-refractivity contribution in [3.8, 4) is 0 Å². The summed E-state index contributed by atoms with van der Waals surface area (Å²) in [5.41, 5.74) is 0.0122. The smallest absolute Gasteiger partial charge is 0.238 e. The van der Waals surface area contributed by atoms with Gasteiger partial charge in [-0.05, 0) is 36.5 Å². The molecule has 0 aromatic heterocycles. The van der Waals surface area contributed by atoms with Crippen LogP contribution in [0.1, 0.15) is 6.42 Å². The quantitative estimate of drug-likeness (QED) is 0.589. The Hall–Kier alpha value is -1.68. The van der Waals surface area contributed by atoms with Gasteiger partial charge in [0.05, 0.1) is 17.5 Å². The van der Waals surface area contributed by atoms with Gasteiger partial charge in [0.15, 0.2) is 0 Å². The van der Waals surface area contributed by atoms with Crippen molar-refractivity contribution in [2.24, 2.45) is 23.7 Å². The average molecular weight is 292 g/mol. The molecule has 2 fully saturated rings. The van der Waals surface area contributed by atoms with E-state index in [0.717, 1.165) is 17.4 Å². The molecule has 1 saturated carbocycles. The maximum absolute atomic E-state index is 14.0. The Balaban J connectivity index is 1.78. The normalized spacial score (nSPS) is 34.2. The number of fused-ring (bicyclic) bond motifs is 5. The molecular formula is C15H11ClFNO2. The summed E-state index contributed by atoms with van der Waals surface area (Å²) in [6, 6.07) is 4.00. The number of imide groups is 1. The summed E-state index contributed by atoms with van der Waals surface area (Å²) < 4.78 is 14.0. The molecule has 2 bridgehead atoms. The first-order valence-electron chi connectivity index (χ1n) is 6.59. The Morgan fingerprint density at radius 2 is 1.70 bits per heavy atom. The van der Waals surface area contributed by atoms with Crippen LogP contribution in [-0.4, -0.2) is 11.8 Å². The lowest BCUT2D eigenvalue weighted by Crippen LogP contribution is -2.33. The number of hydrogen-bond donors (Lipinski definition) is 0. The Labute approximate surface area is 120 Å². The van der Waals surface area contributed by atoms with Crippen LogP contribution in [0.2, 0.25) is 5.02 Å². The van der Waals surface area contributed by atoms with Crippen LogP contribution >= 0.6 is 11.6 Å². The van der Waals surface area contributed by atoms with Crippen molar-refractivity contribution < 1.29 is 14.0 Å². The van der Waals surface area contributed by atoms with E-state index in [2.05, 4.69) is 0 Å². The number of carbonyl (C=O) groups excluding carboxylic acids is 2. The topological polar surface area (TPSA) is 37.4 Å². The zero-order valence-electron chi connectivity index (χ0n) is 10.4.